The summed E-state index contributed by atoms with van der Waals surface area (Å²) in [6, 6.07) is 17.2. The number of carbonyl (C=O) groups excluding carboxylic acids is 1. The van der Waals surface area contributed by atoms with Crippen LogP contribution >= 0.6 is 0 Å². The van der Waals surface area contributed by atoms with Crippen LogP contribution in [0.2, 0.25) is 0 Å². The van der Waals surface area contributed by atoms with E-state index in [4.69, 9.17) is 0 Å². The van der Waals surface area contributed by atoms with E-state index in [-0.39, 0.29) is 12.5 Å². The Morgan fingerprint density at radius 1 is 1.18 bits per heavy atom. The van der Waals surface area contributed by atoms with Crippen molar-refractivity contribution in [1.82, 2.24) is 10.3 Å². The maximum Gasteiger partial charge on any atom is 0.267 e. The normalized spacial score (nSPS) is 12.3. The van der Waals surface area contributed by atoms with Crippen LogP contribution in [-0.2, 0) is 0 Å². The summed E-state index contributed by atoms with van der Waals surface area (Å²) in [4.78, 5) is 15.2. The van der Waals surface area contributed by atoms with Gasteiger partial charge in [0.1, 0.15) is 5.69 Å². The molecule has 0 spiro atoms. The molecule has 0 radical (unpaired) electrons. The maximum atomic E-state index is 12.2. The number of rotatable bonds is 4. The number of aliphatic hydroxyl groups excluding tert-OH is 1. The van der Waals surface area contributed by atoms with Crippen LogP contribution in [0.4, 0.5) is 0 Å². The third-order valence-electron chi connectivity index (χ3n) is 3.69. The molecule has 0 fully saturated rings. The number of aromatic nitrogens is 1. The van der Waals surface area contributed by atoms with E-state index < -0.39 is 6.10 Å². The van der Waals surface area contributed by atoms with Gasteiger partial charge in [-0.2, -0.15) is 0 Å². The molecule has 4 heteroatoms. The minimum atomic E-state index is -0.714. The van der Waals surface area contributed by atoms with Crippen molar-refractivity contribution in [3.63, 3.8) is 0 Å². The van der Waals surface area contributed by atoms with Crippen LogP contribution in [0, 0.1) is 6.92 Å². The van der Waals surface area contributed by atoms with Gasteiger partial charge < -0.3 is 15.4 Å². The third kappa shape index (κ3) is 3.02. The molecular formula is C18H18N2O2. The van der Waals surface area contributed by atoms with E-state index in [0.29, 0.717) is 5.69 Å². The Balaban J connectivity index is 1.65. The smallest absolute Gasteiger partial charge is 0.267 e. The van der Waals surface area contributed by atoms with Crippen LogP contribution in [0.3, 0.4) is 0 Å². The van der Waals surface area contributed by atoms with Gasteiger partial charge in [0.15, 0.2) is 0 Å². The first-order valence-electron chi connectivity index (χ1n) is 7.24. The highest BCUT2D eigenvalue weighted by atomic mass is 16.3. The summed E-state index contributed by atoms with van der Waals surface area (Å²) >= 11 is 0. The molecule has 0 aliphatic carbocycles. The Hall–Kier alpha value is -2.59. The fourth-order valence-electron chi connectivity index (χ4n) is 2.39. The topological polar surface area (TPSA) is 65.1 Å². The molecule has 3 aromatic rings. The monoisotopic (exact) mass is 294 g/mol. The van der Waals surface area contributed by atoms with E-state index >= 15 is 0 Å². The summed E-state index contributed by atoms with van der Waals surface area (Å²) in [6.07, 6.45) is -0.714. The highest BCUT2D eigenvalue weighted by Gasteiger charge is 2.12. The van der Waals surface area contributed by atoms with Gasteiger partial charge in [-0.05, 0) is 24.6 Å². The molecule has 112 valence electrons. The molecule has 0 aliphatic heterocycles. The lowest BCUT2D eigenvalue weighted by Gasteiger charge is -2.12. The first-order valence-corrected chi connectivity index (χ1v) is 7.24. The number of benzene rings is 2. The second kappa shape index (κ2) is 6.03. The van der Waals surface area contributed by atoms with E-state index in [9.17, 15) is 9.90 Å². The number of aromatic amines is 1. The largest absolute Gasteiger partial charge is 0.387 e. The molecule has 1 aromatic heterocycles. The van der Waals surface area contributed by atoms with Crippen molar-refractivity contribution in [2.45, 2.75) is 13.0 Å². The van der Waals surface area contributed by atoms with Crippen molar-refractivity contribution in [2.24, 2.45) is 0 Å². The third-order valence-corrected chi connectivity index (χ3v) is 3.69. The number of amides is 1. The number of hydrogen-bond acceptors (Lipinski definition) is 2. The van der Waals surface area contributed by atoms with Crippen molar-refractivity contribution in [3.05, 3.63) is 71.4 Å². The maximum absolute atomic E-state index is 12.2. The molecule has 1 unspecified atom stereocenters. The van der Waals surface area contributed by atoms with E-state index in [1.165, 1.54) is 0 Å². The number of carbonyl (C=O) groups is 1. The lowest BCUT2D eigenvalue weighted by atomic mass is 10.1. The Bertz CT molecular complexity index is 757. The fourth-order valence-corrected chi connectivity index (χ4v) is 2.39. The van der Waals surface area contributed by atoms with Crippen molar-refractivity contribution >= 4 is 16.8 Å². The second-order valence-electron chi connectivity index (χ2n) is 5.41. The molecule has 0 saturated heterocycles. The SMILES string of the molecule is Cc1ccc(C(O)CNC(=O)c2cc3ccccc3[nH]2)cc1. The average molecular weight is 294 g/mol. The average Bonchev–Trinajstić information content (AvgIpc) is 2.97. The molecule has 0 saturated carbocycles. The minimum absolute atomic E-state index is 0.178. The molecule has 22 heavy (non-hydrogen) atoms. The molecule has 3 N–H and O–H groups in total. The summed E-state index contributed by atoms with van der Waals surface area (Å²) in [5.41, 5.74) is 3.35. The zero-order valence-electron chi connectivity index (χ0n) is 12.3. The minimum Gasteiger partial charge on any atom is -0.387 e. The molecule has 4 nitrogen and oxygen atoms in total. The summed E-state index contributed by atoms with van der Waals surface area (Å²) in [5.74, 6) is -0.220. The van der Waals surface area contributed by atoms with Crippen LogP contribution < -0.4 is 5.32 Å². The zero-order valence-corrected chi connectivity index (χ0v) is 12.3. The van der Waals surface area contributed by atoms with Crippen molar-refractivity contribution in [3.8, 4) is 0 Å². The number of H-pyrrole nitrogens is 1. The summed E-state index contributed by atoms with van der Waals surface area (Å²) in [7, 11) is 0. The van der Waals surface area contributed by atoms with Gasteiger partial charge in [-0.25, -0.2) is 0 Å². The number of para-hydroxylation sites is 1. The Labute approximate surface area is 128 Å². The number of aryl methyl sites for hydroxylation is 1. The zero-order chi connectivity index (χ0) is 15.5. The molecule has 1 heterocycles. The molecule has 0 aliphatic rings. The highest BCUT2D eigenvalue weighted by Crippen LogP contribution is 2.15. The van der Waals surface area contributed by atoms with Crippen LogP contribution in [0.5, 0.6) is 0 Å². The van der Waals surface area contributed by atoms with Gasteiger partial charge in [-0.3, -0.25) is 4.79 Å². The quantitative estimate of drug-likeness (QED) is 0.692. The summed E-state index contributed by atoms with van der Waals surface area (Å²) in [5, 5.41) is 13.9. The molecule has 3 rings (SSSR count). The summed E-state index contributed by atoms with van der Waals surface area (Å²) in [6.45, 7) is 2.17. The van der Waals surface area contributed by atoms with Gasteiger partial charge in [-0.15, -0.1) is 0 Å². The van der Waals surface area contributed by atoms with E-state index in [1.54, 1.807) is 0 Å². The van der Waals surface area contributed by atoms with Gasteiger partial charge in [-0.1, -0.05) is 48.0 Å². The Morgan fingerprint density at radius 2 is 1.91 bits per heavy atom. The summed E-state index contributed by atoms with van der Waals surface area (Å²) < 4.78 is 0. The van der Waals surface area contributed by atoms with Gasteiger partial charge in [0.25, 0.3) is 5.91 Å². The molecule has 0 bridgehead atoms. The van der Waals surface area contributed by atoms with Crippen LogP contribution in [0.25, 0.3) is 10.9 Å². The first kappa shape index (κ1) is 14.4. The number of fused-ring (bicyclic) bond motifs is 1. The standard InChI is InChI=1S/C18H18N2O2/c1-12-6-8-13(9-7-12)17(21)11-19-18(22)16-10-14-4-2-3-5-15(14)20-16/h2-10,17,20-21H,11H2,1H3,(H,19,22). The molecule has 1 atom stereocenters. The molecule has 2 aromatic carbocycles. The predicted molar refractivity (Wildman–Crippen MR) is 86.8 cm³/mol. The Kier molecular flexibility index (Phi) is 3.94. The lowest BCUT2D eigenvalue weighted by molar-refractivity contribution is 0.0912. The van der Waals surface area contributed by atoms with Crippen LogP contribution in [0.1, 0.15) is 27.7 Å². The van der Waals surface area contributed by atoms with Crippen LogP contribution in [-0.4, -0.2) is 22.5 Å². The van der Waals surface area contributed by atoms with Crippen molar-refractivity contribution < 1.29 is 9.90 Å². The molecule has 1 amide bonds. The number of aliphatic hydroxyl groups is 1. The lowest BCUT2D eigenvalue weighted by Crippen LogP contribution is -2.28. The highest BCUT2D eigenvalue weighted by molar-refractivity contribution is 5.97. The number of hydrogen-bond donors (Lipinski definition) is 3. The molecular weight excluding hydrogens is 276 g/mol. The van der Waals surface area contributed by atoms with Gasteiger partial charge in [0, 0.05) is 17.4 Å². The van der Waals surface area contributed by atoms with E-state index in [0.717, 1.165) is 22.0 Å². The van der Waals surface area contributed by atoms with Gasteiger partial charge >= 0.3 is 0 Å². The van der Waals surface area contributed by atoms with Gasteiger partial charge in [0.2, 0.25) is 0 Å². The predicted octanol–water partition coefficient (Wildman–Crippen LogP) is 2.94. The van der Waals surface area contributed by atoms with E-state index in [1.807, 2.05) is 61.5 Å². The fraction of sp³-hybridized carbons (Fsp3) is 0.167. The Morgan fingerprint density at radius 3 is 2.64 bits per heavy atom. The first-order chi connectivity index (χ1) is 10.6. The van der Waals surface area contributed by atoms with Gasteiger partial charge in [0.05, 0.1) is 6.10 Å². The van der Waals surface area contributed by atoms with Crippen molar-refractivity contribution in [2.75, 3.05) is 6.54 Å². The van der Waals surface area contributed by atoms with Crippen molar-refractivity contribution in [1.29, 1.82) is 0 Å². The second-order valence-corrected chi connectivity index (χ2v) is 5.41. The number of nitrogens with one attached hydrogen (secondary N) is 2. The van der Waals surface area contributed by atoms with Crippen LogP contribution in [0.15, 0.2) is 54.6 Å². The van der Waals surface area contributed by atoms with E-state index in [2.05, 4.69) is 10.3 Å².